The number of aromatic amines is 1. The van der Waals surface area contributed by atoms with Crippen molar-refractivity contribution in [1.29, 1.82) is 0 Å². The molecule has 120 valence electrons. The Hall–Kier alpha value is -2.54. The number of hydrogen-bond donors (Lipinski definition) is 2. The number of fused-ring (bicyclic) bond motifs is 1. The van der Waals surface area contributed by atoms with Crippen LogP contribution in [0, 0.1) is 20.8 Å². The van der Waals surface area contributed by atoms with Gasteiger partial charge in [-0.3, -0.25) is 0 Å². The van der Waals surface area contributed by atoms with Gasteiger partial charge in [0.25, 0.3) is 10.0 Å². The van der Waals surface area contributed by atoms with Gasteiger partial charge >= 0.3 is 5.69 Å². The van der Waals surface area contributed by atoms with Crippen molar-refractivity contribution in [2.45, 2.75) is 25.7 Å². The van der Waals surface area contributed by atoms with Crippen LogP contribution in [0.2, 0.25) is 0 Å². The van der Waals surface area contributed by atoms with Crippen molar-refractivity contribution in [3.8, 4) is 0 Å². The highest BCUT2D eigenvalue weighted by Crippen LogP contribution is 2.24. The smallest absolute Gasteiger partial charge is 0.340 e. The molecular formula is C16H17N3O3S. The zero-order chi connectivity index (χ0) is 16.9. The van der Waals surface area contributed by atoms with E-state index in [1.807, 2.05) is 6.92 Å². The summed E-state index contributed by atoms with van der Waals surface area (Å²) in [4.78, 5) is 14.9. The van der Waals surface area contributed by atoms with Gasteiger partial charge in [0.1, 0.15) is 0 Å². The van der Waals surface area contributed by atoms with E-state index in [-0.39, 0.29) is 4.90 Å². The minimum absolute atomic E-state index is 0.112. The first-order valence-corrected chi connectivity index (χ1v) is 8.49. The Labute approximate surface area is 133 Å². The van der Waals surface area contributed by atoms with Gasteiger partial charge in [0, 0.05) is 5.69 Å². The monoisotopic (exact) mass is 331 g/mol. The van der Waals surface area contributed by atoms with Crippen LogP contribution in [0.25, 0.3) is 11.0 Å². The second kappa shape index (κ2) is 4.99. The first-order chi connectivity index (χ1) is 10.7. The SMILES string of the molecule is Cc1ccc(S(=O)(=O)n2c(=O)[nH]c3cc(N)c(C)cc32)c(C)c1. The number of hydrogen-bond acceptors (Lipinski definition) is 4. The maximum atomic E-state index is 13.0. The van der Waals surface area contributed by atoms with E-state index in [1.165, 1.54) is 6.07 Å². The highest BCUT2D eigenvalue weighted by Gasteiger charge is 2.24. The summed E-state index contributed by atoms with van der Waals surface area (Å²) in [5.74, 6) is 0. The van der Waals surface area contributed by atoms with Crippen LogP contribution in [0.15, 0.2) is 40.0 Å². The van der Waals surface area contributed by atoms with Crippen molar-refractivity contribution in [2.24, 2.45) is 0 Å². The molecule has 0 unspecified atom stereocenters. The fourth-order valence-corrected chi connectivity index (χ4v) is 4.26. The molecule has 0 aliphatic heterocycles. The number of aryl methyl sites for hydroxylation is 3. The molecule has 6 nitrogen and oxygen atoms in total. The molecule has 0 atom stereocenters. The molecule has 0 amide bonds. The fourth-order valence-electron chi connectivity index (χ4n) is 2.68. The zero-order valence-corrected chi connectivity index (χ0v) is 13.9. The van der Waals surface area contributed by atoms with Crippen LogP contribution in [0.4, 0.5) is 5.69 Å². The number of nitrogen functional groups attached to an aromatic ring is 1. The van der Waals surface area contributed by atoms with Crippen molar-refractivity contribution >= 4 is 26.7 Å². The average molecular weight is 331 g/mol. The van der Waals surface area contributed by atoms with E-state index in [9.17, 15) is 13.2 Å². The van der Waals surface area contributed by atoms with E-state index in [0.29, 0.717) is 27.8 Å². The molecule has 3 rings (SSSR count). The van der Waals surface area contributed by atoms with Crippen molar-refractivity contribution < 1.29 is 8.42 Å². The predicted octanol–water partition coefficient (Wildman–Crippen LogP) is 2.07. The third-order valence-corrected chi connectivity index (χ3v) is 5.74. The first kappa shape index (κ1) is 15.4. The molecule has 0 saturated carbocycles. The van der Waals surface area contributed by atoms with Crippen LogP contribution in [0.3, 0.4) is 0 Å². The third kappa shape index (κ3) is 2.33. The van der Waals surface area contributed by atoms with E-state index in [1.54, 1.807) is 38.1 Å². The van der Waals surface area contributed by atoms with E-state index < -0.39 is 15.7 Å². The van der Waals surface area contributed by atoms with Gasteiger partial charge in [0.15, 0.2) is 0 Å². The highest BCUT2D eigenvalue weighted by molar-refractivity contribution is 7.90. The van der Waals surface area contributed by atoms with Crippen LogP contribution >= 0.6 is 0 Å². The van der Waals surface area contributed by atoms with Gasteiger partial charge in [-0.15, -0.1) is 0 Å². The van der Waals surface area contributed by atoms with E-state index in [2.05, 4.69) is 4.98 Å². The normalized spacial score (nSPS) is 12.0. The summed E-state index contributed by atoms with van der Waals surface area (Å²) in [5.41, 5.74) is 8.57. The fraction of sp³-hybridized carbons (Fsp3) is 0.188. The van der Waals surface area contributed by atoms with E-state index in [0.717, 1.165) is 9.54 Å². The average Bonchev–Trinajstić information content (AvgIpc) is 2.74. The molecule has 3 N–H and O–H groups in total. The second-order valence-electron chi connectivity index (χ2n) is 5.69. The van der Waals surface area contributed by atoms with Gasteiger partial charge in [-0.25, -0.2) is 13.2 Å². The molecular weight excluding hydrogens is 314 g/mol. The molecule has 0 radical (unpaired) electrons. The Bertz CT molecular complexity index is 1090. The van der Waals surface area contributed by atoms with E-state index >= 15 is 0 Å². The Morgan fingerprint density at radius 2 is 1.74 bits per heavy atom. The van der Waals surface area contributed by atoms with Crippen LogP contribution in [-0.2, 0) is 10.0 Å². The van der Waals surface area contributed by atoms with Gasteiger partial charge in [-0.05, 0) is 50.1 Å². The van der Waals surface area contributed by atoms with Crippen molar-refractivity contribution in [1.82, 2.24) is 8.96 Å². The zero-order valence-electron chi connectivity index (χ0n) is 13.0. The highest BCUT2D eigenvalue weighted by atomic mass is 32.2. The van der Waals surface area contributed by atoms with Crippen molar-refractivity contribution in [3.63, 3.8) is 0 Å². The van der Waals surface area contributed by atoms with Crippen LogP contribution in [-0.4, -0.2) is 17.4 Å². The summed E-state index contributed by atoms with van der Waals surface area (Å²) >= 11 is 0. The summed E-state index contributed by atoms with van der Waals surface area (Å²) < 4.78 is 26.7. The molecule has 0 bridgehead atoms. The molecule has 1 aromatic heterocycles. The Morgan fingerprint density at radius 1 is 1.04 bits per heavy atom. The number of aromatic nitrogens is 2. The maximum Gasteiger partial charge on any atom is 0.340 e. The topological polar surface area (TPSA) is 98.0 Å². The molecule has 0 aliphatic rings. The van der Waals surface area contributed by atoms with Crippen LogP contribution in [0.5, 0.6) is 0 Å². The number of benzene rings is 2. The van der Waals surface area contributed by atoms with E-state index in [4.69, 9.17) is 5.73 Å². The maximum absolute atomic E-state index is 13.0. The van der Waals surface area contributed by atoms with Crippen molar-refractivity contribution in [3.05, 3.63) is 57.5 Å². The molecule has 3 aromatic rings. The molecule has 1 heterocycles. The Morgan fingerprint density at radius 3 is 2.39 bits per heavy atom. The number of rotatable bonds is 2. The predicted molar refractivity (Wildman–Crippen MR) is 90.2 cm³/mol. The molecule has 0 fully saturated rings. The number of nitrogens with one attached hydrogen (secondary N) is 1. The summed E-state index contributed by atoms with van der Waals surface area (Å²) in [6.07, 6.45) is 0. The quantitative estimate of drug-likeness (QED) is 0.702. The molecule has 0 spiro atoms. The summed E-state index contributed by atoms with van der Waals surface area (Å²) in [7, 11) is -4.00. The number of anilines is 1. The van der Waals surface area contributed by atoms with Gasteiger partial charge in [-0.1, -0.05) is 17.7 Å². The lowest BCUT2D eigenvalue weighted by atomic mass is 10.2. The van der Waals surface area contributed by atoms with Gasteiger partial charge in [0.05, 0.1) is 15.9 Å². The standard InChI is InChI=1S/C16H17N3O3S/c1-9-4-5-15(11(3)6-9)23(21,22)19-14-7-10(2)12(17)8-13(14)18-16(19)20/h4-8H,17H2,1-3H3,(H,18,20). The number of H-pyrrole nitrogens is 1. The van der Waals surface area contributed by atoms with Crippen molar-refractivity contribution in [2.75, 3.05) is 5.73 Å². The molecule has 0 saturated heterocycles. The lowest BCUT2D eigenvalue weighted by Gasteiger charge is -2.10. The third-order valence-electron chi connectivity index (χ3n) is 3.88. The van der Waals surface area contributed by atoms with Gasteiger partial charge < -0.3 is 10.7 Å². The Balaban J connectivity index is 2.37. The minimum atomic E-state index is -4.00. The van der Waals surface area contributed by atoms with Crippen LogP contribution < -0.4 is 11.4 Å². The Kier molecular flexibility index (Phi) is 3.33. The summed E-state index contributed by atoms with van der Waals surface area (Å²) in [5, 5.41) is 0. The van der Waals surface area contributed by atoms with Crippen LogP contribution in [0.1, 0.15) is 16.7 Å². The van der Waals surface area contributed by atoms with Gasteiger partial charge in [0.2, 0.25) is 0 Å². The lowest BCUT2D eigenvalue weighted by Crippen LogP contribution is -2.25. The minimum Gasteiger partial charge on any atom is -0.398 e. The molecule has 2 aromatic carbocycles. The lowest BCUT2D eigenvalue weighted by molar-refractivity contribution is 0.586. The molecule has 7 heteroatoms. The molecule has 0 aliphatic carbocycles. The molecule has 23 heavy (non-hydrogen) atoms. The largest absolute Gasteiger partial charge is 0.398 e. The number of nitrogens with zero attached hydrogens (tertiary/aromatic N) is 1. The number of imidazole rings is 1. The summed E-state index contributed by atoms with van der Waals surface area (Å²) in [6.45, 7) is 5.36. The second-order valence-corrected chi connectivity index (χ2v) is 7.45. The first-order valence-electron chi connectivity index (χ1n) is 7.05. The van der Waals surface area contributed by atoms with Gasteiger partial charge in [-0.2, -0.15) is 3.97 Å². The summed E-state index contributed by atoms with van der Waals surface area (Å²) in [6, 6.07) is 8.18. The number of nitrogens with two attached hydrogens (primary N) is 1.